The van der Waals surface area contributed by atoms with Gasteiger partial charge >= 0.3 is 0 Å². The molecule has 0 N–H and O–H groups in total. The van der Waals surface area contributed by atoms with Gasteiger partial charge in [-0.25, -0.2) is 4.39 Å². The van der Waals surface area contributed by atoms with E-state index in [0.717, 1.165) is 14.9 Å². The maximum Gasteiger partial charge on any atom is 0.150 e. The summed E-state index contributed by atoms with van der Waals surface area (Å²) in [5.41, 5.74) is 1.20. The van der Waals surface area contributed by atoms with Crippen LogP contribution in [-0.2, 0) is 6.42 Å². The normalized spacial score (nSPS) is 10.3. The Morgan fingerprint density at radius 2 is 2.17 bits per heavy atom. The van der Waals surface area contributed by atoms with E-state index in [1.54, 1.807) is 0 Å². The van der Waals surface area contributed by atoms with E-state index in [0.29, 0.717) is 0 Å². The third-order valence-electron chi connectivity index (χ3n) is 1.68. The Hall–Kier alpha value is 0.230. The number of aryl methyl sites for hydroxylation is 1. The average molecular weight is 296 g/mol. The molecule has 0 saturated carbocycles. The molecule has 0 aliphatic rings. The highest BCUT2D eigenvalue weighted by Crippen LogP contribution is 2.25. The van der Waals surface area contributed by atoms with Crippen LogP contribution in [0.5, 0.6) is 0 Å². The number of hydrogen-bond acceptors (Lipinski definition) is 1. The van der Waals surface area contributed by atoms with Gasteiger partial charge in [-0.3, -0.25) is 0 Å². The molecule has 1 aromatic rings. The average Bonchev–Trinajstić information content (AvgIpc) is 2.09. The minimum Gasteiger partial charge on any atom is -0.205 e. The van der Waals surface area contributed by atoms with Crippen molar-refractivity contribution >= 4 is 34.4 Å². The molecule has 3 heteroatoms. The molecule has 1 aromatic carbocycles. The number of benzene rings is 1. The van der Waals surface area contributed by atoms with Gasteiger partial charge in [0, 0.05) is 4.90 Å². The minimum atomic E-state index is -0.0831. The fourth-order valence-electron chi connectivity index (χ4n) is 0.970. The topological polar surface area (TPSA) is 0 Å². The van der Waals surface area contributed by atoms with Crippen molar-refractivity contribution in [2.24, 2.45) is 0 Å². The summed E-state index contributed by atoms with van der Waals surface area (Å²) in [7, 11) is 0. The molecule has 0 aromatic heterocycles. The van der Waals surface area contributed by atoms with Gasteiger partial charge in [-0.15, -0.1) is 11.8 Å². The van der Waals surface area contributed by atoms with Crippen LogP contribution in [0.3, 0.4) is 0 Å². The summed E-state index contributed by atoms with van der Waals surface area (Å²) in [6.45, 7) is 2.08. The molecule has 66 valence electrons. The molecular weight excluding hydrogens is 286 g/mol. The van der Waals surface area contributed by atoms with Crippen LogP contribution in [0.2, 0.25) is 0 Å². The molecule has 0 bridgehead atoms. The molecule has 0 radical (unpaired) electrons. The van der Waals surface area contributed by atoms with Crippen molar-refractivity contribution in [2.75, 3.05) is 6.26 Å². The van der Waals surface area contributed by atoms with Crippen molar-refractivity contribution in [2.45, 2.75) is 18.2 Å². The van der Waals surface area contributed by atoms with Gasteiger partial charge in [0.05, 0.1) is 3.57 Å². The lowest BCUT2D eigenvalue weighted by molar-refractivity contribution is 0.593. The fraction of sp³-hybridized carbons (Fsp3) is 0.333. The lowest BCUT2D eigenvalue weighted by Gasteiger charge is -2.04. The second-order valence-corrected chi connectivity index (χ2v) is 4.46. The van der Waals surface area contributed by atoms with Gasteiger partial charge < -0.3 is 0 Å². The zero-order valence-corrected chi connectivity index (χ0v) is 10.00. The van der Waals surface area contributed by atoms with Crippen molar-refractivity contribution in [3.8, 4) is 0 Å². The maximum atomic E-state index is 13.3. The summed E-state index contributed by atoms with van der Waals surface area (Å²) in [6.07, 6.45) is 2.86. The molecule has 1 rings (SSSR count). The first-order valence-electron chi connectivity index (χ1n) is 3.71. The van der Waals surface area contributed by atoms with E-state index >= 15 is 0 Å². The smallest absolute Gasteiger partial charge is 0.150 e. The Morgan fingerprint density at radius 3 is 2.67 bits per heavy atom. The Kier molecular flexibility index (Phi) is 3.83. The summed E-state index contributed by atoms with van der Waals surface area (Å²) in [5, 5.41) is 0. The number of thioether (sulfide) groups is 1. The molecule has 0 saturated heterocycles. The highest BCUT2D eigenvalue weighted by molar-refractivity contribution is 14.1. The Morgan fingerprint density at radius 1 is 1.50 bits per heavy atom. The van der Waals surface area contributed by atoms with E-state index in [-0.39, 0.29) is 5.82 Å². The summed E-state index contributed by atoms with van der Waals surface area (Å²) in [6, 6.07) is 3.82. The second-order valence-electron chi connectivity index (χ2n) is 2.45. The van der Waals surface area contributed by atoms with Gasteiger partial charge in [0.15, 0.2) is 0 Å². The summed E-state index contributed by atoms with van der Waals surface area (Å²) >= 11 is 3.49. The Labute approximate surface area is 90.1 Å². The molecule has 0 heterocycles. The monoisotopic (exact) mass is 296 g/mol. The van der Waals surface area contributed by atoms with Crippen LogP contribution in [0, 0.1) is 9.39 Å². The van der Waals surface area contributed by atoms with E-state index in [4.69, 9.17) is 0 Å². The van der Waals surface area contributed by atoms with Gasteiger partial charge in [0.1, 0.15) is 5.82 Å². The summed E-state index contributed by atoms with van der Waals surface area (Å²) in [4.78, 5) is 0.749. The maximum absolute atomic E-state index is 13.3. The molecule has 0 spiro atoms. The van der Waals surface area contributed by atoms with E-state index in [1.807, 2.05) is 41.0 Å². The van der Waals surface area contributed by atoms with E-state index in [1.165, 1.54) is 17.3 Å². The number of hydrogen-bond donors (Lipinski definition) is 0. The minimum absolute atomic E-state index is 0.0831. The van der Waals surface area contributed by atoms with Crippen LogP contribution in [0.15, 0.2) is 17.0 Å². The summed E-state index contributed by atoms with van der Waals surface area (Å²) in [5.74, 6) is -0.0831. The summed E-state index contributed by atoms with van der Waals surface area (Å²) < 4.78 is 14.0. The molecule has 12 heavy (non-hydrogen) atoms. The van der Waals surface area contributed by atoms with Crippen molar-refractivity contribution in [1.29, 1.82) is 0 Å². The van der Waals surface area contributed by atoms with E-state index in [9.17, 15) is 4.39 Å². The van der Waals surface area contributed by atoms with Gasteiger partial charge in [-0.2, -0.15) is 0 Å². The van der Waals surface area contributed by atoms with E-state index < -0.39 is 0 Å². The van der Waals surface area contributed by atoms with Crippen molar-refractivity contribution in [1.82, 2.24) is 0 Å². The van der Waals surface area contributed by atoms with Crippen LogP contribution in [-0.4, -0.2) is 6.26 Å². The van der Waals surface area contributed by atoms with Crippen molar-refractivity contribution in [3.05, 3.63) is 27.1 Å². The highest BCUT2D eigenvalue weighted by atomic mass is 127. The van der Waals surface area contributed by atoms with Crippen LogP contribution in [0.4, 0.5) is 4.39 Å². The van der Waals surface area contributed by atoms with Crippen LogP contribution >= 0.6 is 34.4 Å². The molecule has 0 unspecified atom stereocenters. The van der Waals surface area contributed by atoms with Crippen molar-refractivity contribution < 1.29 is 4.39 Å². The molecule has 0 aliphatic heterocycles. The zero-order chi connectivity index (χ0) is 9.14. The largest absolute Gasteiger partial charge is 0.205 e. The first-order chi connectivity index (χ1) is 5.69. The third kappa shape index (κ3) is 2.13. The van der Waals surface area contributed by atoms with Crippen molar-refractivity contribution in [3.63, 3.8) is 0 Å². The molecule has 0 amide bonds. The predicted molar refractivity (Wildman–Crippen MR) is 60.3 cm³/mol. The van der Waals surface area contributed by atoms with Gasteiger partial charge in [-0.05, 0) is 53.0 Å². The lowest BCUT2D eigenvalue weighted by Crippen LogP contribution is -1.90. The standard InChI is InChI=1S/C9H10FIS/c1-3-6-4-7(11)9(10)8(5-6)12-2/h4-5H,3H2,1-2H3. The molecular formula is C9H10FIS. The predicted octanol–water partition coefficient (Wildman–Crippen LogP) is 3.71. The van der Waals surface area contributed by atoms with Crippen LogP contribution < -0.4 is 0 Å². The quantitative estimate of drug-likeness (QED) is 0.592. The first kappa shape index (κ1) is 10.3. The Balaban J connectivity index is 3.19. The highest BCUT2D eigenvalue weighted by Gasteiger charge is 2.06. The van der Waals surface area contributed by atoms with Crippen LogP contribution in [0.1, 0.15) is 12.5 Å². The van der Waals surface area contributed by atoms with Gasteiger partial charge in [0.25, 0.3) is 0 Å². The first-order valence-corrected chi connectivity index (χ1v) is 6.01. The molecule has 0 fully saturated rings. The van der Waals surface area contributed by atoms with Gasteiger partial charge in [0.2, 0.25) is 0 Å². The molecule has 0 atom stereocenters. The number of halogens is 2. The van der Waals surface area contributed by atoms with E-state index in [2.05, 4.69) is 6.92 Å². The number of rotatable bonds is 2. The van der Waals surface area contributed by atoms with Crippen LogP contribution in [0.25, 0.3) is 0 Å². The molecule has 0 aliphatic carbocycles. The SMILES string of the molecule is CCc1cc(I)c(F)c(SC)c1. The molecule has 0 nitrogen and oxygen atoms in total. The third-order valence-corrected chi connectivity index (χ3v) is 3.20. The van der Waals surface area contributed by atoms with Gasteiger partial charge in [-0.1, -0.05) is 6.92 Å². The fourth-order valence-corrected chi connectivity index (χ4v) is 2.40. The lowest BCUT2D eigenvalue weighted by atomic mass is 10.2. The Bertz CT molecular complexity index is 286. The zero-order valence-electron chi connectivity index (χ0n) is 7.03. The second kappa shape index (κ2) is 4.46.